The molecule has 3 nitrogen and oxygen atoms in total. The number of nitrogens with zero attached hydrogens (tertiary/aromatic N) is 1. The molecule has 3 heteroatoms. The van der Waals surface area contributed by atoms with Crippen LogP contribution in [0.3, 0.4) is 0 Å². The van der Waals surface area contributed by atoms with E-state index < -0.39 is 0 Å². The first-order chi connectivity index (χ1) is 19.8. The molecule has 8 aromatic rings. The van der Waals surface area contributed by atoms with Gasteiger partial charge < -0.3 is 8.83 Å². The summed E-state index contributed by atoms with van der Waals surface area (Å²) in [5, 5.41) is 14.7. The normalized spacial score (nSPS) is 11.5. The fourth-order valence-corrected chi connectivity index (χ4v) is 5.80. The van der Waals surface area contributed by atoms with Gasteiger partial charge in [0.15, 0.2) is 0 Å². The van der Waals surface area contributed by atoms with Gasteiger partial charge in [-0.3, -0.25) is 0 Å². The topological polar surface area (TPSA) is 50.1 Å². The lowest BCUT2D eigenvalue weighted by Gasteiger charge is -2.14. The first-order valence-corrected chi connectivity index (χ1v) is 13.2. The first-order valence-electron chi connectivity index (χ1n) is 13.2. The number of rotatable bonds is 3. The van der Waals surface area contributed by atoms with Crippen LogP contribution in [-0.2, 0) is 0 Å². The number of para-hydroxylation sites is 2. The minimum atomic E-state index is 0.650. The van der Waals surface area contributed by atoms with Gasteiger partial charge in [0, 0.05) is 32.7 Å². The molecular formula is C37H21NO2. The highest BCUT2D eigenvalue weighted by Crippen LogP contribution is 2.40. The molecule has 0 aliphatic rings. The Balaban J connectivity index is 1.40. The van der Waals surface area contributed by atoms with Gasteiger partial charge in [0.2, 0.25) is 0 Å². The van der Waals surface area contributed by atoms with Crippen molar-refractivity contribution in [2.75, 3.05) is 0 Å². The molecule has 2 aromatic heterocycles. The second-order valence-electron chi connectivity index (χ2n) is 10.0. The Bertz CT molecular complexity index is 2280. The summed E-state index contributed by atoms with van der Waals surface area (Å²) in [4.78, 5) is 0. The molecule has 6 aromatic carbocycles. The van der Waals surface area contributed by atoms with E-state index in [1.807, 2.05) is 72.8 Å². The van der Waals surface area contributed by atoms with Crippen molar-refractivity contribution in [1.82, 2.24) is 0 Å². The van der Waals surface area contributed by atoms with Crippen molar-refractivity contribution in [2.45, 2.75) is 0 Å². The Morgan fingerprint density at radius 3 is 1.52 bits per heavy atom. The molecular weight excluding hydrogens is 490 g/mol. The molecule has 0 radical (unpaired) electrons. The van der Waals surface area contributed by atoms with Gasteiger partial charge in [-0.05, 0) is 70.8 Å². The maximum Gasteiger partial charge on any atom is 0.135 e. The van der Waals surface area contributed by atoms with E-state index in [0.717, 1.165) is 77.3 Å². The second kappa shape index (κ2) is 8.73. The monoisotopic (exact) mass is 511 g/mol. The van der Waals surface area contributed by atoms with Crippen molar-refractivity contribution in [1.29, 1.82) is 5.26 Å². The van der Waals surface area contributed by atoms with Crippen LogP contribution in [0, 0.1) is 11.3 Å². The third kappa shape index (κ3) is 3.44. The van der Waals surface area contributed by atoms with E-state index >= 15 is 0 Å². The van der Waals surface area contributed by atoms with Gasteiger partial charge in [-0.2, -0.15) is 5.26 Å². The van der Waals surface area contributed by atoms with Crippen molar-refractivity contribution < 1.29 is 8.83 Å². The summed E-state index contributed by atoms with van der Waals surface area (Å²) in [5.74, 6) is 0. The van der Waals surface area contributed by atoms with E-state index in [9.17, 15) is 5.26 Å². The highest BCUT2D eigenvalue weighted by molar-refractivity contribution is 6.08. The van der Waals surface area contributed by atoms with Gasteiger partial charge in [0.25, 0.3) is 0 Å². The Hall–Kier alpha value is -5.59. The number of benzene rings is 6. The van der Waals surface area contributed by atoms with Crippen LogP contribution in [0.25, 0.3) is 77.3 Å². The molecule has 0 saturated carbocycles. The van der Waals surface area contributed by atoms with Crippen molar-refractivity contribution in [3.63, 3.8) is 0 Å². The third-order valence-electron chi connectivity index (χ3n) is 7.73. The summed E-state index contributed by atoms with van der Waals surface area (Å²) < 4.78 is 12.2. The van der Waals surface area contributed by atoms with E-state index in [2.05, 4.69) is 60.7 Å². The largest absolute Gasteiger partial charge is 0.456 e. The molecule has 186 valence electrons. The Morgan fingerprint density at radius 1 is 0.400 bits per heavy atom. The fraction of sp³-hybridized carbons (Fsp3) is 0. The first kappa shape index (κ1) is 22.4. The van der Waals surface area contributed by atoms with E-state index in [1.54, 1.807) is 0 Å². The second-order valence-corrected chi connectivity index (χ2v) is 10.0. The summed E-state index contributed by atoms with van der Waals surface area (Å²) >= 11 is 0. The molecule has 40 heavy (non-hydrogen) atoms. The Labute approximate surface area is 230 Å². The molecule has 0 bridgehead atoms. The van der Waals surface area contributed by atoms with Crippen LogP contribution in [0.5, 0.6) is 0 Å². The molecule has 0 atom stereocenters. The standard InChI is InChI=1S/C37H21NO2/c38-22-33-29(23-8-2-1-3-9-23)20-26(24-14-16-36-31(18-24)27-10-4-6-12-34(27)39-36)21-30(33)25-15-17-37-32(19-25)28-11-5-7-13-35(28)40-37/h1-21H. The molecule has 2 heterocycles. The van der Waals surface area contributed by atoms with Gasteiger partial charge >= 0.3 is 0 Å². The molecule has 0 aliphatic carbocycles. The fourth-order valence-electron chi connectivity index (χ4n) is 5.80. The van der Waals surface area contributed by atoms with Crippen LogP contribution in [-0.4, -0.2) is 0 Å². The van der Waals surface area contributed by atoms with Gasteiger partial charge in [0.05, 0.1) is 5.56 Å². The summed E-state index contributed by atoms with van der Waals surface area (Å²) in [5.41, 5.74) is 9.96. The van der Waals surface area contributed by atoms with Gasteiger partial charge in [-0.1, -0.05) is 78.9 Å². The average Bonchev–Trinajstić information content (AvgIpc) is 3.58. The van der Waals surface area contributed by atoms with Crippen LogP contribution in [0.4, 0.5) is 0 Å². The zero-order chi connectivity index (χ0) is 26.6. The average molecular weight is 512 g/mol. The number of nitriles is 1. The lowest BCUT2D eigenvalue weighted by Crippen LogP contribution is -1.93. The SMILES string of the molecule is N#Cc1c(-c2ccccc2)cc(-c2ccc3oc4ccccc4c3c2)cc1-c1ccc2oc3ccccc3c2c1. The lowest BCUT2D eigenvalue weighted by molar-refractivity contribution is 0.668. The minimum Gasteiger partial charge on any atom is -0.456 e. The molecule has 0 fully saturated rings. The Morgan fingerprint density at radius 2 is 0.900 bits per heavy atom. The molecule has 0 saturated heterocycles. The van der Waals surface area contributed by atoms with Crippen LogP contribution in [0.1, 0.15) is 5.56 Å². The summed E-state index contributed by atoms with van der Waals surface area (Å²) in [6.07, 6.45) is 0. The van der Waals surface area contributed by atoms with Gasteiger partial charge in [-0.25, -0.2) is 0 Å². The van der Waals surface area contributed by atoms with Crippen LogP contribution in [0.2, 0.25) is 0 Å². The predicted octanol–water partition coefficient (Wildman–Crippen LogP) is 10.4. The van der Waals surface area contributed by atoms with Crippen LogP contribution < -0.4 is 0 Å². The zero-order valence-corrected chi connectivity index (χ0v) is 21.4. The van der Waals surface area contributed by atoms with Crippen molar-refractivity contribution >= 4 is 43.9 Å². The quantitative estimate of drug-likeness (QED) is 0.237. The molecule has 8 rings (SSSR count). The van der Waals surface area contributed by atoms with E-state index in [0.29, 0.717) is 5.56 Å². The maximum atomic E-state index is 10.5. The van der Waals surface area contributed by atoms with Crippen molar-refractivity contribution in [3.8, 4) is 39.4 Å². The van der Waals surface area contributed by atoms with E-state index in [4.69, 9.17) is 8.83 Å². The van der Waals surface area contributed by atoms with E-state index in [-0.39, 0.29) is 0 Å². The molecule has 0 spiro atoms. The van der Waals surface area contributed by atoms with Gasteiger partial charge in [-0.15, -0.1) is 0 Å². The van der Waals surface area contributed by atoms with Crippen molar-refractivity contribution in [2.24, 2.45) is 0 Å². The minimum absolute atomic E-state index is 0.650. The molecule has 0 unspecified atom stereocenters. The van der Waals surface area contributed by atoms with Gasteiger partial charge in [0.1, 0.15) is 28.4 Å². The third-order valence-corrected chi connectivity index (χ3v) is 7.73. The van der Waals surface area contributed by atoms with Crippen LogP contribution >= 0.6 is 0 Å². The molecule has 0 amide bonds. The number of hydrogen-bond donors (Lipinski definition) is 0. The zero-order valence-electron chi connectivity index (χ0n) is 21.4. The highest BCUT2D eigenvalue weighted by atomic mass is 16.3. The molecule has 0 aliphatic heterocycles. The number of hydrogen-bond acceptors (Lipinski definition) is 3. The highest BCUT2D eigenvalue weighted by Gasteiger charge is 2.17. The lowest BCUT2D eigenvalue weighted by atomic mass is 9.88. The molecule has 0 N–H and O–H groups in total. The number of fused-ring (bicyclic) bond motifs is 6. The number of furan rings is 2. The maximum absolute atomic E-state index is 10.5. The summed E-state index contributed by atoms with van der Waals surface area (Å²) in [6, 6.07) is 45.6. The predicted molar refractivity (Wildman–Crippen MR) is 162 cm³/mol. The summed E-state index contributed by atoms with van der Waals surface area (Å²) in [7, 11) is 0. The summed E-state index contributed by atoms with van der Waals surface area (Å²) in [6.45, 7) is 0. The van der Waals surface area contributed by atoms with E-state index in [1.165, 1.54) is 0 Å². The smallest absolute Gasteiger partial charge is 0.135 e. The van der Waals surface area contributed by atoms with Crippen molar-refractivity contribution in [3.05, 3.63) is 133 Å². The Kier molecular flexibility index (Phi) is 4.89. The van der Waals surface area contributed by atoms with Crippen LogP contribution in [0.15, 0.2) is 136 Å².